The van der Waals surface area contributed by atoms with E-state index < -0.39 is 23.5 Å². The second-order valence-electron chi connectivity index (χ2n) is 3.62. The zero-order valence-corrected chi connectivity index (χ0v) is 9.29. The molecule has 19 heavy (non-hydrogen) atoms. The molecule has 3 nitrogen and oxygen atoms in total. The van der Waals surface area contributed by atoms with Gasteiger partial charge in [0.1, 0.15) is 5.82 Å². The van der Waals surface area contributed by atoms with Gasteiger partial charge in [-0.05, 0) is 30.3 Å². The van der Waals surface area contributed by atoms with Gasteiger partial charge in [0.2, 0.25) is 0 Å². The van der Waals surface area contributed by atoms with Gasteiger partial charge in [0.25, 0.3) is 5.91 Å². The molecule has 0 radical (unpaired) electrons. The Bertz CT molecular complexity index is 590. The quantitative estimate of drug-likeness (QED) is 0.848. The maximum atomic E-state index is 13.0. The molecule has 0 saturated carbocycles. The average molecular weight is 273 g/mol. The van der Waals surface area contributed by atoms with Crippen molar-refractivity contribution in [1.82, 2.24) is 0 Å². The topological polar surface area (TPSA) is 42.2 Å². The van der Waals surface area contributed by atoms with Crippen LogP contribution >= 0.6 is 0 Å². The van der Waals surface area contributed by atoms with E-state index in [4.69, 9.17) is 4.42 Å². The fraction of sp³-hybridized carbons (Fsp3) is 0.0833. The number of hydrogen-bond acceptors (Lipinski definition) is 2. The molecule has 1 N–H and O–H groups in total. The van der Waals surface area contributed by atoms with Gasteiger partial charge in [-0.15, -0.1) is 0 Å². The summed E-state index contributed by atoms with van der Waals surface area (Å²) in [5, 5.41) is 2.18. The summed E-state index contributed by atoms with van der Waals surface area (Å²) in [6, 6.07) is 5.01. The van der Waals surface area contributed by atoms with Crippen molar-refractivity contribution >= 4 is 11.6 Å². The van der Waals surface area contributed by atoms with Crippen molar-refractivity contribution in [2.45, 2.75) is 6.18 Å². The molecule has 2 rings (SSSR count). The third kappa shape index (κ3) is 2.93. The van der Waals surface area contributed by atoms with Crippen LogP contribution in [0.1, 0.15) is 16.1 Å². The first kappa shape index (κ1) is 13.1. The zero-order chi connectivity index (χ0) is 14.0. The minimum absolute atomic E-state index is 0.0575. The van der Waals surface area contributed by atoms with Crippen LogP contribution in [0.4, 0.5) is 23.2 Å². The molecule has 0 atom stereocenters. The van der Waals surface area contributed by atoms with E-state index in [-0.39, 0.29) is 11.4 Å². The first-order valence-corrected chi connectivity index (χ1v) is 5.09. The van der Waals surface area contributed by atoms with Crippen molar-refractivity contribution < 1.29 is 26.8 Å². The van der Waals surface area contributed by atoms with Crippen molar-refractivity contribution in [3.63, 3.8) is 0 Å². The van der Waals surface area contributed by atoms with Crippen molar-refractivity contribution in [2.75, 3.05) is 5.32 Å². The number of rotatable bonds is 2. The number of halogens is 4. The lowest BCUT2D eigenvalue weighted by Crippen LogP contribution is -2.13. The van der Waals surface area contributed by atoms with E-state index in [1.807, 2.05) is 0 Å². The molecule has 1 heterocycles. The first-order valence-electron chi connectivity index (χ1n) is 5.09. The molecule has 0 bridgehead atoms. The molecule has 1 aromatic carbocycles. The Morgan fingerprint density at radius 3 is 2.53 bits per heavy atom. The lowest BCUT2D eigenvalue weighted by molar-refractivity contribution is -0.139. The molecule has 2 aromatic rings. The predicted octanol–water partition coefficient (Wildman–Crippen LogP) is 3.69. The fourth-order valence-corrected chi connectivity index (χ4v) is 1.42. The number of amides is 1. The van der Waals surface area contributed by atoms with Crippen molar-refractivity contribution in [2.24, 2.45) is 0 Å². The third-order valence-corrected chi connectivity index (χ3v) is 2.27. The van der Waals surface area contributed by atoms with Crippen LogP contribution in [-0.4, -0.2) is 5.91 Å². The highest BCUT2D eigenvalue weighted by Gasteiger charge is 2.34. The predicted molar refractivity (Wildman–Crippen MR) is 58.1 cm³/mol. The highest BCUT2D eigenvalue weighted by Crippen LogP contribution is 2.33. The van der Waals surface area contributed by atoms with Crippen LogP contribution in [-0.2, 0) is 6.18 Å². The van der Waals surface area contributed by atoms with E-state index in [0.717, 1.165) is 6.07 Å². The van der Waals surface area contributed by atoms with Crippen molar-refractivity contribution in [1.29, 1.82) is 0 Å². The zero-order valence-electron chi connectivity index (χ0n) is 9.29. The summed E-state index contributed by atoms with van der Waals surface area (Å²) < 4.78 is 55.2. The Hall–Kier alpha value is -2.31. The summed E-state index contributed by atoms with van der Waals surface area (Å²) in [6.07, 6.45) is -3.57. The Kier molecular flexibility index (Phi) is 3.28. The largest absolute Gasteiger partial charge is 0.459 e. The molecule has 0 aliphatic carbocycles. The normalized spacial score (nSPS) is 11.4. The molecule has 1 amide bonds. The van der Waals surface area contributed by atoms with Gasteiger partial charge in [-0.2, -0.15) is 13.2 Å². The Morgan fingerprint density at radius 1 is 1.21 bits per heavy atom. The van der Waals surface area contributed by atoms with Crippen molar-refractivity contribution in [3.8, 4) is 0 Å². The highest BCUT2D eigenvalue weighted by atomic mass is 19.4. The Morgan fingerprint density at radius 2 is 1.95 bits per heavy atom. The molecule has 0 unspecified atom stereocenters. The van der Waals surface area contributed by atoms with Gasteiger partial charge in [0.05, 0.1) is 11.8 Å². The lowest BCUT2D eigenvalue weighted by Gasteiger charge is -2.10. The number of alkyl halides is 3. The molecule has 0 aliphatic rings. The molecule has 0 saturated heterocycles. The van der Waals surface area contributed by atoms with E-state index in [9.17, 15) is 22.4 Å². The fourth-order valence-electron chi connectivity index (χ4n) is 1.42. The molecule has 7 heteroatoms. The van der Waals surface area contributed by atoms with Gasteiger partial charge in [-0.25, -0.2) is 4.39 Å². The monoisotopic (exact) mass is 273 g/mol. The van der Waals surface area contributed by atoms with Crippen LogP contribution in [0.15, 0.2) is 41.0 Å². The first-order chi connectivity index (χ1) is 8.88. The number of anilines is 1. The molecular formula is C12H7F4NO2. The van der Waals surface area contributed by atoms with Crippen LogP contribution in [0.3, 0.4) is 0 Å². The molecule has 1 aromatic heterocycles. The smallest absolute Gasteiger partial charge is 0.419 e. The second-order valence-corrected chi connectivity index (χ2v) is 3.62. The van der Waals surface area contributed by atoms with Crippen LogP contribution < -0.4 is 5.32 Å². The summed E-state index contributed by atoms with van der Waals surface area (Å²) in [5.74, 6) is -2.17. The van der Waals surface area contributed by atoms with Crippen LogP contribution in [0.2, 0.25) is 0 Å². The lowest BCUT2D eigenvalue weighted by atomic mass is 10.2. The SMILES string of the molecule is O=C(Nc1ccc(F)c(C(F)(F)F)c1)c1ccco1. The maximum Gasteiger partial charge on any atom is 0.419 e. The van der Waals surface area contributed by atoms with Crippen molar-refractivity contribution in [3.05, 3.63) is 53.7 Å². The van der Waals surface area contributed by atoms with Gasteiger partial charge < -0.3 is 9.73 Å². The number of hydrogen-bond donors (Lipinski definition) is 1. The van der Waals surface area contributed by atoms with E-state index in [0.29, 0.717) is 12.1 Å². The summed E-state index contributed by atoms with van der Waals surface area (Å²) in [5.41, 5.74) is -1.61. The van der Waals surface area contributed by atoms with Gasteiger partial charge >= 0.3 is 6.18 Å². The summed E-state index contributed by atoms with van der Waals surface area (Å²) >= 11 is 0. The molecule has 0 fully saturated rings. The molecule has 0 spiro atoms. The molecule has 0 aliphatic heterocycles. The summed E-state index contributed by atoms with van der Waals surface area (Å²) in [6.45, 7) is 0. The number of benzene rings is 1. The Balaban J connectivity index is 2.25. The third-order valence-electron chi connectivity index (χ3n) is 2.27. The number of nitrogens with one attached hydrogen (secondary N) is 1. The van der Waals surface area contributed by atoms with Crippen LogP contribution in [0.25, 0.3) is 0 Å². The molecular weight excluding hydrogens is 266 g/mol. The highest BCUT2D eigenvalue weighted by molar-refractivity contribution is 6.02. The maximum absolute atomic E-state index is 13.0. The minimum atomic E-state index is -4.82. The average Bonchev–Trinajstić information content (AvgIpc) is 2.83. The molecule has 100 valence electrons. The van der Waals surface area contributed by atoms with E-state index in [2.05, 4.69) is 5.32 Å². The second kappa shape index (κ2) is 4.75. The standard InChI is InChI=1S/C12H7F4NO2/c13-9-4-3-7(6-8(9)12(14,15)16)17-11(18)10-2-1-5-19-10/h1-6H,(H,17,18). The number of carbonyl (C=O) groups excluding carboxylic acids is 1. The van der Waals surface area contributed by atoms with Crippen LogP contribution in [0.5, 0.6) is 0 Å². The van der Waals surface area contributed by atoms with Gasteiger partial charge in [0.15, 0.2) is 5.76 Å². The van der Waals surface area contributed by atoms with Gasteiger partial charge in [-0.3, -0.25) is 4.79 Å². The van der Waals surface area contributed by atoms with Crippen LogP contribution in [0, 0.1) is 5.82 Å². The minimum Gasteiger partial charge on any atom is -0.459 e. The number of furan rings is 1. The number of carbonyl (C=O) groups is 1. The summed E-state index contributed by atoms with van der Waals surface area (Å²) in [7, 11) is 0. The summed E-state index contributed by atoms with van der Waals surface area (Å²) in [4.78, 5) is 11.5. The van der Waals surface area contributed by atoms with E-state index in [1.165, 1.54) is 18.4 Å². The van der Waals surface area contributed by atoms with Gasteiger partial charge in [0, 0.05) is 5.69 Å². The Labute approximate surface area is 104 Å². The van der Waals surface area contributed by atoms with Gasteiger partial charge in [-0.1, -0.05) is 0 Å². The van der Waals surface area contributed by atoms with E-state index in [1.54, 1.807) is 0 Å². The van der Waals surface area contributed by atoms with E-state index >= 15 is 0 Å².